The zero-order valence-electron chi connectivity index (χ0n) is 34.8. The van der Waals surface area contributed by atoms with Gasteiger partial charge in [0.15, 0.2) is 0 Å². The van der Waals surface area contributed by atoms with Crippen LogP contribution in [0.5, 0.6) is 0 Å². The van der Waals surface area contributed by atoms with E-state index in [9.17, 15) is 0 Å². The van der Waals surface area contributed by atoms with Crippen molar-refractivity contribution in [3.63, 3.8) is 0 Å². The highest BCUT2D eigenvalue weighted by molar-refractivity contribution is 6.37. The van der Waals surface area contributed by atoms with Crippen LogP contribution in [0.1, 0.15) is 0 Å². The second kappa shape index (κ2) is 13.5. The van der Waals surface area contributed by atoms with Crippen LogP contribution in [0.2, 0.25) is 0 Å². The molecule has 1 heterocycles. The Kier molecular flexibility index (Phi) is 7.43. The average molecular weight is 811 g/mol. The Morgan fingerprint density at radius 3 is 1.53 bits per heavy atom. The van der Waals surface area contributed by atoms with Crippen molar-refractivity contribution in [2.45, 2.75) is 0 Å². The van der Waals surface area contributed by atoms with Crippen LogP contribution in [0, 0.1) is 0 Å². The fourth-order valence-electron chi connectivity index (χ4n) is 11.1. The molecule has 0 radical (unpaired) electrons. The van der Waals surface area contributed by atoms with Crippen LogP contribution in [0.15, 0.2) is 231 Å². The number of aromatic nitrogens is 1. The van der Waals surface area contributed by atoms with E-state index in [4.69, 9.17) is 0 Å². The number of rotatable bonds is 5. The quantitative estimate of drug-likeness (QED) is 0.157. The highest BCUT2D eigenvalue weighted by Gasteiger charge is 2.21. The second-order valence-electron chi connectivity index (χ2n) is 17.2. The third kappa shape index (κ3) is 5.08. The first-order valence-electron chi connectivity index (χ1n) is 22.2. The van der Waals surface area contributed by atoms with Gasteiger partial charge < -0.3 is 9.47 Å². The summed E-state index contributed by atoms with van der Waals surface area (Å²) in [6.45, 7) is 0. The molecule has 0 aliphatic carbocycles. The van der Waals surface area contributed by atoms with Gasteiger partial charge in [-0.05, 0) is 147 Å². The van der Waals surface area contributed by atoms with E-state index >= 15 is 0 Å². The fraction of sp³-hybridized carbons (Fsp3) is 0. The zero-order chi connectivity index (χ0) is 41.9. The SMILES string of the molecule is c1ccc(-n2c3ccccc3c3c(-c4cccc(N(c5ccc6ccccc6c5)c5cc6ccc7cccc8c9cccc%10ccc%11cccc(c(c5)c6c78)c%11c%109)c4)cccc32)cc1. The summed E-state index contributed by atoms with van der Waals surface area (Å²) in [5, 5.41) is 20.2. The molecular weight excluding hydrogens is 773 g/mol. The second-order valence-corrected chi connectivity index (χ2v) is 17.2. The Bertz CT molecular complexity index is 4190. The Labute approximate surface area is 369 Å². The minimum atomic E-state index is 1.10. The number of anilines is 3. The maximum absolute atomic E-state index is 2.48. The molecule has 1 aromatic heterocycles. The van der Waals surface area contributed by atoms with Gasteiger partial charge >= 0.3 is 0 Å². The summed E-state index contributed by atoms with van der Waals surface area (Å²) in [5.74, 6) is 0. The van der Waals surface area contributed by atoms with Gasteiger partial charge in [0.25, 0.3) is 0 Å². The Morgan fingerprint density at radius 2 is 0.781 bits per heavy atom. The molecule has 0 atom stereocenters. The van der Waals surface area contributed by atoms with Gasteiger partial charge in [-0.15, -0.1) is 0 Å². The van der Waals surface area contributed by atoms with E-state index in [-0.39, 0.29) is 0 Å². The van der Waals surface area contributed by atoms with Crippen molar-refractivity contribution in [2.75, 3.05) is 4.90 Å². The first kappa shape index (κ1) is 35.2. The van der Waals surface area contributed by atoms with Gasteiger partial charge in [0.1, 0.15) is 0 Å². The Balaban J connectivity index is 1.08. The largest absolute Gasteiger partial charge is 0.310 e. The van der Waals surface area contributed by atoms with Crippen LogP contribution in [0.25, 0.3) is 114 Å². The van der Waals surface area contributed by atoms with Gasteiger partial charge in [-0.3, -0.25) is 0 Å². The maximum atomic E-state index is 2.48. The standard InChI is InChI=1S/C62H38N2/c1-2-19-46(20-3-1)64-56-27-7-6-22-54(56)62-50(23-12-28-57(62)64)44-18-8-21-47(36-44)63(48-34-33-39-13-4-5-14-43(39)35-48)49-37-45-32-31-42-16-10-25-52-51-24-9-15-40-29-30-41-17-11-26-53(60(41)58(40)51)55(38-49)61(45)59(42)52/h1-38H. The molecule has 0 fully saturated rings. The van der Waals surface area contributed by atoms with Crippen LogP contribution in [-0.2, 0) is 0 Å². The van der Waals surface area contributed by atoms with Crippen molar-refractivity contribution in [1.82, 2.24) is 4.57 Å². The number of benzene rings is 12. The molecule has 0 spiro atoms. The summed E-state index contributed by atoms with van der Waals surface area (Å²) in [5.41, 5.74) is 9.25. The lowest BCUT2D eigenvalue weighted by molar-refractivity contribution is 1.18. The van der Waals surface area contributed by atoms with Gasteiger partial charge in [0.2, 0.25) is 0 Å². The lowest BCUT2D eigenvalue weighted by Crippen LogP contribution is -2.10. The van der Waals surface area contributed by atoms with Crippen molar-refractivity contribution in [3.8, 4) is 16.8 Å². The Morgan fingerprint density at radius 1 is 0.266 bits per heavy atom. The molecule has 0 aliphatic heterocycles. The molecule has 13 aromatic carbocycles. The van der Waals surface area contributed by atoms with Crippen molar-refractivity contribution in [3.05, 3.63) is 231 Å². The molecule has 296 valence electrons. The third-order valence-corrected chi connectivity index (χ3v) is 13.8. The fourth-order valence-corrected chi connectivity index (χ4v) is 11.1. The van der Waals surface area contributed by atoms with Gasteiger partial charge in [-0.1, -0.05) is 170 Å². The van der Waals surface area contributed by atoms with Gasteiger partial charge in [0, 0.05) is 33.5 Å². The molecule has 2 heteroatoms. The zero-order valence-corrected chi connectivity index (χ0v) is 34.8. The number of hydrogen-bond acceptors (Lipinski definition) is 1. The van der Waals surface area contributed by atoms with Crippen LogP contribution in [-0.4, -0.2) is 4.57 Å². The summed E-state index contributed by atoms with van der Waals surface area (Å²) in [6, 6.07) is 85.6. The number of fused-ring (bicyclic) bond motifs is 6. The van der Waals surface area contributed by atoms with Crippen molar-refractivity contribution < 1.29 is 0 Å². The molecule has 0 amide bonds. The smallest absolute Gasteiger partial charge is 0.0547 e. The van der Waals surface area contributed by atoms with E-state index < -0.39 is 0 Å². The van der Waals surface area contributed by atoms with E-state index in [0.717, 1.165) is 22.7 Å². The summed E-state index contributed by atoms with van der Waals surface area (Å²) in [6.07, 6.45) is 0. The molecule has 14 aromatic rings. The highest BCUT2D eigenvalue weighted by Crippen LogP contribution is 2.47. The van der Waals surface area contributed by atoms with E-state index in [1.165, 1.54) is 108 Å². The van der Waals surface area contributed by atoms with Crippen molar-refractivity contribution in [2.24, 2.45) is 0 Å². The monoisotopic (exact) mass is 810 g/mol. The molecule has 0 saturated carbocycles. The van der Waals surface area contributed by atoms with Crippen molar-refractivity contribution >= 4 is 114 Å². The minimum absolute atomic E-state index is 1.10. The molecule has 0 N–H and O–H groups in total. The summed E-state index contributed by atoms with van der Waals surface area (Å²) in [4.78, 5) is 2.48. The molecule has 0 saturated heterocycles. The third-order valence-electron chi connectivity index (χ3n) is 13.8. The van der Waals surface area contributed by atoms with E-state index in [1.807, 2.05) is 0 Å². The molecule has 0 bridgehead atoms. The summed E-state index contributed by atoms with van der Waals surface area (Å²) in [7, 11) is 0. The molecule has 14 rings (SSSR count). The molecular formula is C62H38N2. The normalized spacial score (nSPS) is 12.1. The minimum Gasteiger partial charge on any atom is -0.310 e. The lowest BCUT2D eigenvalue weighted by Gasteiger charge is -2.27. The van der Waals surface area contributed by atoms with Crippen LogP contribution in [0.3, 0.4) is 0 Å². The number of para-hydroxylation sites is 2. The van der Waals surface area contributed by atoms with E-state index in [0.29, 0.717) is 0 Å². The predicted molar refractivity (Wildman–Crippen MR) is 275 cm³/mol. The summed E-state index contributed by atoms with van der Waals surface area (Å²) < 4.78 is 2.40. The molecule has 0 aliphatic rings. The summed E-state index contributed by atoms with van der Waals surface area (Å²) >= 11 is 0. The molecule has 64 heavy (non-hydrogen) atoms. The maximum Gasteiger partial charge on any atom is 0.0547 e. The van der Waals surface area contributed by atoms with Gasteiger partial charge in [0.05, 0.1) is 11.0 Å². The average Bonchev–Trinajstić information content (AvgIpc) is 3.70. The molecule has 0 unspecified atom stereocenters. The van der Waals surface area contributed by atoms with Crippen LogP contribution >= 0.6 is 0 Å². The van der Waals surface area contributed by atoms with Gasteiger partial charge in [-0.2, -0.15) is 0 Å². The lowest BCUT2D eigenvalue weighted by atomic mass is 9.87. The number of nitrogens with zero attached hydrogens (tertiary/aromatic N) is 2. The number of hydrogen-bond donors (Lipinski definition) is 0. The van der Waals surface area contributed by atoms with Crippen molar-refractivity contribution in [1.29, 1.82) is 0 Å². The van der Waals surface area contributed by atoms with Crippen LogP contribution < -0.4 is 4.90 Å². The van der Waals surface area contributed by atoms with E-state index in [2.05, 4.69) is 240 Å². The molecule has 2 nitrogen and oxygen atoms in total. The van der Waals surface area contributed by atoms with Gasteiger partial charge in [-0.25, -0.2) is 0 Å². The van der Waals surface area contributed by atoms with E-state index in [1.54, 1.807) is 0 Å². The predicted octanol–water partition coefficient (Wildman–Crippen LogP) is 17.4. The topological polar surface area (TPSA) is 8.17 Å². The van der Waals surface area contributed by atoms with Crippen LogP contribution in [0.4, 0.5) is 17.1 Å². The first-order chi connectivity index (χ1) is 31.7. The Hall–Kier alpha value is -8.46. The first-order valence-corrected chi connectivity index (χ1v) is 22.2. The highest BCUT2D eigenvalue weighted by atomic mass is 15.1.